The number of H-pyrrole nitrogens is 1. The lowest BCUT2D eigenvalue weighted by Gasteiger charge is -2.32. The molecule has 0 atom stereocenters. The van der Waals surface area contributed by atoms with Crippen LogP contribution < -0.4 is 0 Å². The summed E-state index contributed by atoms with van der Waals surface area (Å²) in [5.74, 6) is 1.37. The molecule has 0 radical (unpaired) electrons. The lowest BCUT2D eigenvalue weighted by atomic mass is 9.89. The van der Waals surface area contributed by atoms with E-state index in [9.17, 15) is 4.79 Å². The summed E-state index contributed by atoms with van der Waals surface area (Å²) in [5.41, 5.74) is 3.14. The number of carbonyl (C=O) groups is 1. The van der Waals surface area contributed by atoms with Crippen molar-refractivity contribution in [2.24, 2.45) is 0 Å². The molecule has 5 heteroatoms. The van der Waals surface area contributed by atoms with E-state index < -0.39 is 0 Å². The molecule has 1 saturated heterocycles. The van der Waals surface area contributed by atoms with Crippen molar-refractivity contribution in [3.63, 3.8) is 0 Å². The molecule has 0 aliphatic carbocycles. The third-order valence-corrected chi connectivity index (χ3v) is 5.03. The van der Waals surface area contributed by atoms with Gasteiger partial charge in [0.15, 0.2) is 0 Å². The molecule has 3 aromatic rings. The van der Waals surface area contributed by atoms with Crippen LogP contribution in [-0.2, 0) is 6.42 Å². The van der Waals surface area contributed by atoms with Crippen molar-refractivity contribution in [1.82, 2.24) is 14.9 Å². The summed E-state index contributed by atoms with van der Waals surface area (Å²) < 4.78 is 5.40. The van der Waals surface area contributed by atoms with Gasteiger partial charge in [-0.05, 0) is 36.5 Å². The molecule has 1 N–H and O–H groups in total. The smallest absolute Gasteiger partial charge is 0.257 e. The maximum atomic E-state index is 12.7. The standard InChI is InChI=1S/C19H21N3O2/c1-2-18-15(6-10-24-18)19(23)22-8-4-13(5-9-22)16-11-21-17-12-20-7-3-14(16)17/h3,6-7,10-13,21H,2,4-5,8-9H2,1H3. The lowest BCUT2D eigenvalue weighted by Crippen LogP contribution is -2.38. The number of piperidine rings is 1. The highest BCUT2D eigenvalue weighted by atomic mass is 16.3. The molecule has 24 heavy (non-hydrogen) atoms. The van der Waals surface area contributed by atoms with E-state index in [4.69, 9.17) is 4.42 Å². The summed E-state index contributed by atoms with van der Waals surface area (Å²) in [5, 5.41) is 1.25. The number of furan rings is 1. The van der Waals surface area contributed by atoms with E-state index in [0.29, 0.717) is 11.5 Å². The quantitative estimate of drug-likeness (QED) is 0.798. The second-order valence-electron chi connectivity index (χ2n) is 6.34. The summed E-state index contributed by atoms with van der Waals surface area (Å²) in [6.07, 6.45) is 10.1. The number of rotatable bonds is 3. The summed E-state index contributed by atoms with van der Waals surface area (Å²) in [6.45, 7) is 3.58. The van der Waals surface area contributed by atoms with Gasteiger partial charge in [-0.1, -0.05) is 6.92 Å². The van der Waals surface area contributed by atoms with E-state index in [-0.39, 0.29) is 5.91 Å². The van der Waals surface area contributed by atoms with Crippen LogP contribution in [0.3, 0.4) is 0 Å². The van der Waals surface area contributed by atoms with Crippen LogP contribution in [0, 0.1) is 0 Å². The van der Waals surface area contributed by atoms with Gasteiger partial charge in [-0.2, -0.15) is 0 Å². The number of amides is 1. The Balaban J connectivity index is 1.48. The molecule has 0 bridgehead atoms. The predicted octanol–water partition coefficient (Wildman–Crippen LogP) is 3.74. The van der Waals surface area contributed by atoms with E-state index in [1.54, 1.807) is 12.3 Å². The summed E-state index contributed by atoms with van der Waals surface area (Å²) >= 11 is 0. The fourth-order valence-electron chi connectivity index (χ4n) is 3.70. The first kappa shape index (κ1) is 15.0. The Morgan fingerprint density at radius 2 is 2.21 bits per heavy atom. The molecular formula is C19H21N3O2. The fraction of sp³-hybridized carbons (Fsp3) is 0.368. The molecule has 4 rings (SSSR count). The molecule has 1 aliphatic rings. The Morgan fingerprint density at radius 1 is 1.38 bits per heavy atom. The maximum Gasteiger partial charge on any atom is 0.257 e. The largest absolute Gasteiger partial charge is 0.469 e. The van der Waals surface area contributed by atoms with E-state index in [1.807, 2.05) is 24.2 Å². The highest BCUT2D eigenvalue weighted by molar-refractivity contribution is 5.95. The minimum atomic E-state index is 0.0992. The number of pyridine rings is 1. The molecule has 0 saturated carbocycles. The van der Waals surface area contributed by atoms with Gasteiger partial charge in [-0.15, -0.1) is 0 Å². The number of hydrogen-bond donors (Lipinski definition) is 1. The Morgan fingerprint density at radius 3 is 3.00 bits per heavy atom. The SMILES string of the molecule is CCc1occc1C(=O)N1CCC(c2c[nH]c3cnccc23)CC1. The number of likely N-dealkylation sites (tertiary alicyclic amines) is 1. The van der Waals surface area contributed by atoms with Gasteiger partial charge in [0.25, 0.3) is 5.91 Å². The first-order chi connectivity index (χ1) is 11.8. The fourth-order valence-corrected chi connectivity index (χ4v) is 3.70. The van der Waals surface area contributed by atoms with E-state index in [2.05, 4.69) is 22.2 Å². The lowest BCUT2D eigenvalue weighted by molar-refractivity contribution is 0.0711. The van der Waals surface area contributed by atoms with Crippen LogP contribution in [0.15, 0.2) is 41.4 Å². The maximum absolute atomic E-state index is 12.7. The number of nitrogens with one attached hydrogen (secondary N) is 1. The van der Waals surface area contributed by atoms with E-state index in [1.165, 1.54) is 10.9 Å². The van der Waals surface area contributed by atoms with Crippen molar-refractivity contribution in [2.75, 3.05) is 13.1 Å². The Labute approximate surface area is 140 Å². The molecule has 1 amide bonds. The molecule has 5 nitrogen and oxygen atoms in total. The van der Waals surface area contributed by atoms with Gasteiger partial charge in [-0.3, -0.25) is 9.78 Å². The van der Waals surface area contributed by atoms with Crippen LogP contribution in [0.2, 0.25) is 0 Å². The second-order valence-corrected chi connectivity index (χ2v) is 6.34. The Bertz CT molecular complexity index is 856. The molecule has 0 aromatic carbocycles. The number of aryl methyl sites for hydroxylation is 1. The van der Waals surface area contributed by atoms with Crippen LogP contribution in [0.4, 0.5) is 0 Å². The zero-order chi connectivity index (χ0) is 16.5. The highest BCUT2D eigenvalue weighted by Crippen LogP contribution is 2.33. The highest BCUT2D eigenvalue weighted by Gasteiger charge is 2.27. The van der Waals surface area contributed by atoms with Gasteiger partial charge >= 0.3 is 0 Å². The molecule has 4 heterocycles. The molecule has 1 fully saturated rings. The zero-order valence-electron chi connectivity index (χ0n) is 13.8. The zero-order valence-corrected chi connectivity index (χ0v) is 13.8. The second kappa shape index (κ2) is 6.15. The normalized spacial score (nSPS) is 16.0. The summed E-state index contributed by atoms with van der Waals surface area (Å²) in [4.78, 5) is 22.1. The van der Waals surface area contributed by atoms with Gasteiger partial charge < -0.3 is 14.3 Å². The number of aromatic amines is 1. The molecule has 0 unspecified atom stereocenters. The third-order valence-electron chi connectivity index (χ3n) is 5.03. The Hall–Kier alpha value is -2.56. The van der Waals surface area contributed by atoms with Crippen molar-refractivity contribution in [2.45, 2.75) is 32.1 Å². The van der Waals surface area contributed by atoms with E-state index in [0.717, 1.165) is 43.6 Å². The number of aromatic nitrogens is 2. The van der Waals surface area contributed by atoms with Crippen molar-refractivity contribution < 1.29 is 9.21 Å². The van der Waals surface area contributed by atoms with Gasteiger partial charge in [0.05, 0.1) is 23.5 Å². The molecule has 124 valence electrons. The predicted molar refractivity (Wildman–Crippen MR) is 92.1 cm³/mol. The number of nitrogens with zero attached hydrogens (tertiary/aromatic N) is 2. The van der Waals surface area contributed by atoms with Crippen LogP contribution in [0.5, 0.6) is 0 Å². The van der Waals surface area contributed by atoms with Crippen LogP contribution in [-0.4, -0.2) is 33.9 Å². The van der Waals surface area contributed by atoms with Crippen LogP contribution >= 0.6 is 0 Å². The monoisotopic (exact) mass is 323 g/mol. The minimum Gasteiger partial charge on any atom is -0.469 e. The minimum absolute atomic E-state index is 0.0992. The average Bonchev–Trinajstić information content (AvgIpc) is 3.28. The summed E-state index contributed by atoms with van der Waals surface area (Å²) in [7, 11) is 0. The van der Waals surface area contributed by atoms with E-state index >= 15 is 0 Å². The number of hydrogen-bond acceptors (Lipinski definition) is 3. The van der Waals surface area contributed by atoms with Crippen molar-refractivity contribution in [3.05, 3.63) is 53.9 Å². The average molecular weight is 323 g/mol. The first-order valence-corrected chi connectivity index (χ1v) is 8.54. The van der Waals surface area contributed by atoms with Crippen molar-refractivity contribution >= 4 is 16.8 Å². The molecule has 1 aliphatic heterocycles. The number of carbonyl (C=O) groups excluding carboxylic acids is 1. The first-order valence-electron chi connectivity index (χ1n) is 8.54. The van der Waals surface area contributed by atoms with Crippen LogP contribution in [0.1, 0.15) is 47.4 Å². The Kier molecular flexibility index (Phi) is 3.84. The third kappa shape index (κ3) is 2.50. The number of fused-ring (bicyclic) bond motifs is 1. The molecular weight excluding hydrogens is 302 g/mol. The summed E-state index contributed by atoms with van der Waals surface area (Å²) in [6, 6.07) is 3.86. The van der Waals surface area contributed by atoms with Gasteiger partial charge in [0.1, 0.15) is 5.76 Å². The van der Waals surface area contributed by atoms with Crippen molar-refractivity contribution in [3.8, 4) is 0 Å². The topological polar surface area (TPSA) is 62.1 Å². The van der Waals surface area contributed by atoms with Gasteiger partial charge in [0.2, 0.25) is 0 Å². The molecule has 3 aromatic heterocycles. The van der Waals surface area contributed by atoms with Gasteiger partial charge in [-0.25, -0.2) is 0 Å². The molecule has 0 spiro atoms. The van der Waals surface area contributed by atoms with Gasteiger partial charge in [0, 0.05) is 37.3 Å². The van der Waals surface area contributed by atoms with Crippen molar-refractivity contribution in [1.29, 1.82) is 0 Å². The van der Waals surface area contributed by atoms with Crippen LogP contribution in [0.25, 0.3) is 10.9 Å².